The Labute approximate surface area is 91.4 Å². The molecule has 1 N–H and O–H groups in total. The molecule has 0 aliphatic carbocycles. The highest BCUT2D eigenvalue weighted by atomic mass is 16.4. The van der Waals surface area contributed by atoms with Crippen molar-refractivity contribution in [1.82, 2.24) is 0 Å². The molecular weight excluding hydrogens is 190 g/mol. The Balaban J connectivity index is 4.18. The molecule has 0 radical (unpaired) electrons. The van der Waals surface area contributed by atoms with Crippen LogP contribution in [0.25, 0.3) is 0 Å². The van der Waals surface area contributed by atoms with E-state index in [4.69, 9.17) is 10.4 Å². The van der Waals surface area contributed by atoms with Crippen LogP contribution in [-0.2, 0) is 4.79 Å². The largest absolute Gasteiger partial charge is 0.477 e. The fourth-order valence-corrected chi connectivity index (χ4v) is 1.45. The summed E-state index contributed by atoms with van der Waals surface area (Å²) in [6.07, 6.45) is 6.72. The first-order chi connectivity index (χ1) is 7.15. The lowest BCUT2D eigenvalue weighted by Crippen LogP contribution is -2.01. The molecule has 0 aliphatic heterocycles. The van der Waals surface area contributed by atoms with E-state index in [9.17, 15) is 4.79 Å². The number of carbonyl (C=O) groups is 1. The summed E-state index contributed by atoms with van der Waals surface area (Å²) in [5.74, 6) is -0.615. The topological polar surface area (TPSA) is 61.1 Å². The summed E-state index contributed by atoms with van der Waals surface area (Å²) in [4.78, 5) is 10.6. The van der Waals surface area contributed by atoms with Gasteiger partial charge in [0.1, 0.15) is 11.6 Å². The summed E-state index contributed by atoms with van der Waals surface area (Å²) in [7, 11) is 0. The first-order valence-corrected chi connectivity index (χ1v) is 5.49. The molecule has 3 heteroatoms. The van der Waals surface area contributed by atoms with Crippen LogP contribution in [0.3, 0.4) is 0 Å². The number of allylic oxidation sites excluding steroid dienone is 1. The van der Waals surface area contributed by atoms with E-state index in [1.807, 2.05) is 0 Å². The predicted octanol–water partition coefficient (Wildman–Crippen LogP) is 3.13. The van der Waals surface area contributed by atoms with Gasteiger partial charge in [0.2, 0.25) is 0 Å². The molecule has 0 fully saturated rings. The molecule has 0 aromatic rings. The van der Waals surface area contributed by atoms with E-state index >= 15 is 0 Å². The van der Waals surface area contributed by atoms with E-state index in [0.717, 1.165) is 19.3 Å². The molecule has 0 bridgehead atoms. The number of nitrogens with zero attached hydrogens (tertiary/aromatic N) is 1. The van der Waals surface area contributed by atoms with Gasteiger partial charge in [-0.15, -0.1) is 0 Å². The van der Waals surface area contributed by atoms with Crippen LogP contribution in [0.2, 0.25) is 0 Å². The summed E-state index contributed by atoms with van der Waals surface area (Å²) in [6, 6.07) is 1.70. The molecular formula is C12H19NO2. The molecule has 84 valence electrons. The third-order valence-electron chi connectivity index (χ3n) is 2.55. The molecule has 0 aromatic heterocycles. The van der Waals surface area contributed by atoms with E-state index in [-0.39, 0.29) is 5.57 Å². The molecule has 0 saturated heterocycles. The van der Waals surface area contributed by atoms with Gasteiger partial charge in [-0.25, -0.2) is 4.79 Å². The SMILES string of the molecule is CCCCC(CC)C/C=C(/C#N)C(=O)O. The lowest BCUT2D eigenvalue weighted by atomic mass is 9.95. The zero-order valence-corrected chi connectivity index (χ0v) is 9.49. The van der Waals surface area contributed by atoms with Gasteiger partial charge in [-0.2, -0.15) is 5.26 Å². The molecule has 0 aliphatic rings. The standard InChI is InChI=1S/C12H19NO2/c1-3-5-6-10(4-2)7-8-11(9-13)12(14)15/h8,10H,3-7H2,1-2H3,(H,14,15)/b11-8-. The highest BCUT2D eigenvalue weighted by Gasteiger charge is 2.08. The quantitative estimate of drug-likeness (QED) is 0.517. The second-order valence-corrected chi connectivity index (χ2v) is 3.69. The molecule has 0 rings (SSSR count). The number of rotatable bonds is 7. The van der Waals surface area contributed by atoms with Crippen LogP contribution in [0.5, 0.6) is 0 Å². The van der Waals surface area contributed by atoms with Crippen LogP contribution in [0.4, 0.5) is 0 Å². The number of nitriles is 1. The number of aliphatic carboxylic acids is 1. The maximum Gasteiger partial charge on any atom is 0.346 e. The molecule has 0 amide bonds. The summed E-state index contributed by atoms with van der Waals surface area (Å²) in [5.41, 5.74) is -0.134. The zero-order valence-electron chi connectivity index (χ0n) is 9.49. The number of carboxylic acid groups (broad SMARTS) is 1. The Hall–Kier alpha value is -1.30. The molecule has 0 aromatic carbocycles. The number of carboxylic acids is 1. The molecule has 1 unspecified atom stereocenters. The van der Waals surface area contributed by atoms with E-state index in [2.05, 4.69) is 13.8 Å². The summed E-state index contributed by atoms with van der Waals surface area (Å²) in [5, 5.41) is 17.2. The number of hydrogen-bond donors (Lipinski definition) is 1. The Bertz CT molecular complexity index is 263. The average Bonchev–Trinajstić information content (AvgIpc) is 2.23. The van der Waals surface area contributed by atoms with E-state index in [1.54, 1.807) is 12.1 Å². The molecule has 0 heterocycles. The van der Waals surface area contributed by atoms with Gasteiger partial charge in [-0.3, -0.25) is 0 Å². The van der Waals surface area contributed by atoms with Gasteiger partial charge in [0.05, 0.1) is 0 Å². The average molecular weight is 209 g/mol. The summed E-state index contributed by atoms with van der Waals surface area (Å²) >= 11 is 0. The van der Waals surface area contributed by atoms with E-state index in [0.29, 0.717) is 12.3 Å². The maximum atomic E-state index is 10.6. The van der Waals surface area contributed by atoms with Gasteiger partial charge >= 0.3 is 5.97 Å². The zero-order chi connectivity index (χ0) is 11.7. The molecule has 1 atom stereocenters. The minimum atomic E-state index is -1.12. The van der Waals surface area contributed by atoms with Gasteiger partial charge in [0, 0.05) is 0 Å². The van der Waals surface area contributed by atoms with Crippen molar-refractivity contribution in [2.24, 2.45) is 5.92 Å². The minimum absolute atomic E-state index is 0.134. The Morgan fingerprint density at radius 2 is 2.20 bits per heavy atom. The van der Waals surface area contributed by atoms with Gasteiger partial charge in [0.25, 0.3) is 0 Å². The van der Waals surface area contributed by atoms with Crippen LogP contribution >= 0.6 is 0 Å². The van der Waals surface area contributed by atoms with E-state index < -0.39 is 5.97 Å². The predicted molar refractivity (Wildman–Crippen MR) is 59.3 cm³/mol. The van der Waals surface area contributed by atoms with Gasteiger partial charge < -0.3 is 5.11 Å². The van der Waals surface area contributed by atoms with Crippen molar-refractivity contribution in [2.75, 3.05) is 0 Å². The van der Waals surface area contributed by atoms with Crippen LogP contribution in [0.1, 0.15) is 46.0 Å². The van der Waals surface area contributed by atoms with Crippen LogP contribution in [0.15, 0.2) is 11.6 Å². The van der Waals surface area contributed by atoms with Crippen LogP contribution < -0.4 is 0 Å². The molecule has 0 saturated carbocycles. The highest BCUT2D eigenvalue weighted by Crippen LogP contribution is 2.17. The van der Waals surface area contributed by atoms with Gasteiger partial charge in [-0.1, -0.05) is 45.6 Å². The number of hydrogen-bond acceptors (Lipinski definition) is 2. The van der Waals surface area contributed by atoms with Gasteiger partial charge in [-0.05, 0) is 12.3 Å². The van der Waals surface area contributed by atoms with Crippen molar-refractivity contribution in [2.45, 2.75) is 46.0 Å². The first-order valence-electron chi connectivity index (χ1n) is 5.49. The second-order valence-electron chi connectivity index (χ2n) is 3.69. The lowest BCUT2D eigenvalue weighted by Gasteiger charge is -2.11. The Kier molecular flexibility index (Phi) is 7.35. The Morgan fingerprint density at radius 1 is 1.53 bits per heavy atom. The van der Waals surface area contributed by atoms with Crippen molar-refractivity contribution in [3.05, 3.63) is 11.6 Å². The van der Waals surface area contributed by atoms with Crippen LogP contribution in [-0.4, -0.2) is 11.1 Å². The smallest absolute Gasteiger partial charge is 0.346 e. The summed E-state index contributed by atoms with van der Waals surface area (Å²) < 4.78 is 0. The van der Waals surface area contributed by atoms with Crippen molar-refractivity contribution in [1.29, 1.82) is 5.26 Å². The minimum Gasteiger partial charge on any atom is -0.477 e. The lowest BCUT2D eigenvalue weighted by molar-refractivity contribution is -0.132. The normalized spacial score (nSPS) is 13.3. The summed E-state index contributed by atoms with van der Waals surface area (Å²) in [6.45, 7) is 4.24. The highest BCUT2D eigenvalue weighted by molar-refractivity contribution is 5.90. The second kappa shape index (κ2) is 8.05. The third kappa shape index (κ3) is 5.90. The maximum absolute atomic E-state index is 10.6. The van der Waals surface area contributed by atoms with Crippen molar-refractivity contribution < 1.29 is 9.90 Å². The fourth-order valence-electron chi connectivity index (χ4n) is 1.45. The van der Waals surface area contributed by atoms with Crippen LogP contribution in [0, 0.1) is 17.2 Å². The van der Waals surface area contributed by atoms with Crippen molar-refractivity contribution in [3.63, 3.8) is 0 Å². The van der Waals surface area contributed by atoms with Gasteiger partial charge in [0.15, 0.2) is 0 Å². The number of unbranched alkanes of at least 4 members (excludes halogenated alkanes) is 1. The Morgan fingerprint density at radius 3 is 2.60 bits per heavy atom. The molecule has 0 spiro atoms. The third-order valence-corrected chi connectivity index (χ3v) is 2.55. The van der Waals surface area contributed by atoms with Crippen molar-refractivity contribution in [3.8, 4) is 6.07 Å². The fraction of sp³-hybridized carbons (Fsp3) is 0.667. The molecule has 3 nitrogen and oxygen atoms in total. The first kappa shape index (κ1) is 13.7. The molecule has 15 heavy (non-hydrogen) atoms. The monoisotopic (exact) mass is 209 g/mol. The van der Waals surface area contributed by atoms with E-state index in [1.165, 1.54) is 6.42 Å². The van der Waals surface area contributed by atoms with Crippen molar-refractivity contribution >= 4 is 5.97 Å².